The van der Waals surface area contributed by atoms with Gasteiger partial charge in [0, 0.05) is 7.11 Å². The van der Waals surface area contributed by atoms with Crippen LogP contribution in [0.4, 0.5) is 6.01 Å². The van der Waals surface area contributed by atoms with Gasteiger partial charge in [0.1, 0.15) is 0 Å². The minimum absolute atomic E-state index is 0. The van der Waals surface area contributed by atoms with Crippen molar-refractivity contribution in [2.24, 2.45) is 5.73 Å². The second-order valence-electron chi connectivity index (χ2n) is 6.29. The summed E-state index contributed by atoms with van der Waals surface area (Å²) < 4.78 is 11.1. The maximum atomic E-state index is 6.19. The number of halogens is 1. The predicted octanol–water partition coefficient (Wildman–Crippen LogP) is 3.11. The van der Waals surface area contributed by atoms with E-state index in [0.29, 0.717) is 24.9 Å². The van der Waals surface area contributed by atoms with Crippen LogP contribution in [0, 0.1) is 0 Å². The summed E-state index contributed by atoms with van der Waals surface area (Å²) in [5.41, 5.74) is 7.25. The Morgan fingerprint density at radius 3 is 2.62 bits per heavy atom. The first-order valence-corrected chi connectivity index (χ1v) is 8.11. The molecule has 1 fully saturated rings. The zero-order chi connectivity index (χ0) is 16.1. The predicted molar refractivity (Wildman–Crippen MR) is 95.3 cm³/mol. The summed E-state index contributed by atoms with van der Waals surface area (Å²) in [6, 6.07) is 10.2. The lowest BCUT2D eigenvalue weighted by molar-refractivity contribution is 0.143. The Balaban J connectivity index is 0.00000208. The van der Waals surface area contributed by atoms with Crippen LogP contribution in [-0.4, -0.2) is 29.5 Å². The van der Waals surface area contributed by atoms with Gasteiger partial charge in [-0.15, -0.1) is 17.5 Å². The number of hydrogen-bond acceptors (Lipinski definition) is 6. The van der Waals surface area contributed by atoms with Crippen LogP contribution in [0.3, 0.4) is 0 Å². The first-order chi connectivity index (χ1) is 11.2. The van der Waals surface area contributed by atoms with E-state index in [0.717, 1.165) is 18.4 Å². The molecular weight excluding hydrogens is 328 g/mol. The summed E-state index contributed by atoms with van der Waals surface area (Å²) in [6.45, 7) is 0.640. The lowest BCUT2D eigenvalue weighted by Gasteiger charge is -2.28. The Hall–Kier alpha value is -1.63. The molecule has 24 heavy (non-hydrogen) atoms. The van der Waals surface area contributed by atoms with Crippen LogP contribution >= 0.6 is 12.4 Å². The molecule has 0 aliphatic heterocycles. The number of rotatable bonds is 7. The maximum Gasteiger partial charge on any atom is 0.316 e. The number of methoxy groups -OCH3 is 1. The van der Waals surface area contributed by atoms with Gasteiger partial charge in [-0.1, -0.05) is 48.3 Å². The lowest BCUT2D eigenvalue weighted by atomic mass is 9.99. The fourth-order valence-electron chi connectivity index (χ4n) is 3.25. The van der Waals surface area contributed by atoms with Crippen molar-refractivity contribution in [1.29, 1.82) is 0 Å². The Morgan fingerprint density at radius 1 is 1.25 bits per heavy atom. The van der Waals surface area contributed by atoms with Crippen LogP contribution in [0.2, 0.25) is 0 Å². The monoisotopic (exact) mass is 352 g/mol. The SMILES string of the molecule is COCC1(Nc2nnc([C@H](N)Cc3ccccc3)o2)CCCC1.Cl. The summed E-state index contributed by atoms with van der Waals surface area (Å²) in [5, 5.41) is 11.6. The van der Waals surface area contributed by atoms with E-state index in [4.69, 9.17) is 14.9 Å². The average Bonchev–Trinajstić information content (AvgIpc) is 3.19. The highest BCUT2D eigenvalue weighted by Crippen LogP contribution is 2.33. The molecule has 0 bridgehead atoms. The van der Waals surface area contributed by atoms with E-state index in [1.165, 1.54) is 12.8 Å². The molecule has 3 N–H and O–H groups in total. The Labute approximate surface area is 148 Å². The quantitative estimate of drug-likeness (QED) is 0.796. The molecule has 3 rings (SSSR count). The fraction of sp³-hybridized carbons (Fsp3) is 0.529. The summed E-state index contributed by atoms with van der Waals surface area (Å²) >= 11 is 0. The fourth-order valence-corrected chi connectivity index (χ4v) is 3.25. The molecule has 0 radical (unpaired) electrons. The van der Waals surface area contributed by atoms with Crippen LogP contribution in [0.1, 0.15) is 43.2 Å². The molecular formula is C17H25ClN4O2. The van der Waals surface area contributed by atoms with Crippen LogP contribution in [0.25, 0.3) is 0 Å². The normalized spacial score (nSPS) is 17.2. The Morgan fingerprint density at radius 2 is 1.96 bits per heavy atom. The van der Waals surface area contributed by atoms with Crippen molar-refractivity contribution in [3.8, 4) is 0 Å². The van der Waals surface area contributed by atoms with E-state index in [9.17, 15) is 0 Å². The van der Waals surface area contributed by atoms with Crippen molar-refractivity contribution in [3.63, 3.8) is 0 Å². The first kappa shape index (κ1) is 18.7. The highest BCUT2D eigenvalue weighted by atomic mass is 35.5. The molecule has 6 nitrogen and oxygen atoms in total. The second-order valence-corrected chi connectivity index (χ2v) is 6.29. The number of anilines is 1. The number of nitrogens with one attached hydrogen (secondary N) is 1. The summed E-state index contributed by atoms with van der Waals surface area (Å²) in [7, 11) is 1.72. The molecule has 2 aromatic rings. The van der Waals surface area contributed by atoms with Crippen molar-refractivity contribution in [1.82, 2.24) is 10.2 Å². The van der Waals surface area contributed by atoms with Gasteiger partial charge in [0.15, 0.2) is 0 Å². The van der Waals surface area contributed by atoms with E-state index >= 15 is 0 Å². The topological polar surface area (TPSA) is 86.2 Å². The number of nitrogens with two attached hydrogens (primary N) is 1. The molecule has 1 aromatic heterocycles. The van der Waals surface area contributed by atoms with E-state index < -0.39 is 0 Å². The third-order valence-electron chi connectivity index (χ3n) is 4.41. The van der Waals surface area contributed by atoms with Crippen molar-refractivity contribution < 1.29 is 9.15 Å². The largest absolute Gasteiger partial charge is 0.406 e. The van der Waals surface area contributed by atoms with Gasteiger partial charge in [-0.25, -0.2) is 0 Å². The molecule has 1 saturated carbocycles. The molecule has 1 aliphatic carbocycles. The number of benzene rings is 1. The standard InChI is InChI=1S/C17H24N4O2.ClH/c1-22-12-17(9-5-6-10-17)19-16-21-20-15(23-16)14(18)11-13-7-3-2-4-8-13;/h2-4,7-8,14H,5-6,9-12,18H2,1H3,(H,19,21);1H/t14-;/m1./s1. The summed E-state index contributed by atoms with van der Waals surface area (Å²) in [6.07, 6.45) is 5.14. The third kappa shape index (κ3) is 4.47. The Kier molecular flexibility index (Phi) is 6.60. The number of aromatic nitrogens is 2. The lowest BCUT2D eigenvalue weighted by Crippen LogP contribution is -2.39. The van der Waals surface area contributed by atoms with Crippen LogP contribution in [0.5, 0.6) is 0 Å². The van der Waals surface area contributed by atoms with Gasteiger partial charge < -0.3 is 20.2 Å². The first-order valence-electron chi connectivity index (χ1n) is 8.11. The molecule has 0 unspecified atom stereocenters. The smallest absolute Gasteiger partial charge is 0.316 e. The van der Waals surface area contributed by atoms with E-state index in [1.54, 1.807) is 7.11 Å². The molecule has 0 saturated heterocycles. The van der Waals surface area contributed by atoms with Crippen molar-refractivity contribution in [2.45, 2.75) is 43.7 Å². The molecule has 0 spiro atoms. The highest BCUT2D eigenvalue weighted by Gasteiger charge is 2.35. The molecule has 1 aromatic carbocycles. The van der Waals surface area contributed by atoms with Gasteiger partial charge in [-0.3, -0.25) is 0 Å². The number of hydrogen-bond donors (Lipinski definition) is 2. The maximum absolute atomic E-state index is 6.19. The van der Waals surface area contributed by atoms with Gasteiger partial charge in [-0.2, -0.15) is 0 Å². The van der Waals surface area contributed by atoms with Gasteiger partial charge in [0.25, 0.3) is 0 Å². The minimum Gasteiger partial charge on any atom is -0.406 e. The third-order valence-corrected chi connectivity index (χ3v) is 4.41. The molecule has 1 atom stereocenters. The summed E-state index contributed by atoms with van der Waals surface area (Å²) in [4.78, 5) is 0. The van der Waals surface area contributed by atoms with Gasteiger partial charge >= 0.3 is 6.01 Å². The van der Waals surface area contributed by atoms with Crippen LogP contribution < -0.4 is 11.1 Å². The van der Waals surface area contributed by atoms with Crippen LogP contribution in [-0.2, 0) is 11.2 Å². The zero-order valence-corrected chi connectivity index (χ0v) is 14.7. The van der Waals surface area contributed by atoms with Crippen molar-refractivity contribution in [2.75, 3.05) is 19.0 Å². The van der Waals surface area contributed by atoms with Gasteiger partial charge in [0.05, 0.1) is 18.2 Å². The van der Waals surface area contributed by atoms with E-state index in [1.807, 2.05) is 30.3 Å². The average molecular weight is 353 g/mol. The Bertz CT molecular complexity index is 614. The van der Waals surface area contributed by atoms with E-state index in [-0.39, 0.29) is 24.0 Å². The second kappa shape index (κ2) is 8.46. The minimum atomic E-state index is -0.303. The molecule has 132 valence electrons. The molecule has 1 aliphatic rings. The van der Waals surface area contributed by atoms with Gasteiger partial charge in [0.2, 0.25) is 5.89 Å². The number of ether oxygens (including phenoxy) is 1. The van der Waals surface area contributed by atoms with Crippen LogP contribution in [0.15, 0.2) is 34.7 Å². The highest BCUT2D eigenvalue weighted by molar-refractivity contribution is 5.85. The van der Waals surface area contributed by atoms with Crippen molar-refractivity contribution in [3.05, 3.63) is 41.8 Å². The molecule has 7 heteroatoms. The molecule has 1 heterocycles. The van der Waals surface area contributed by atoms with Gasteiger partial charge in [-0.05, 0) is 24.8 Å². The zero-order valence-electron chi connectivity index (χ0n) is 13.9. The van der Waals surface area contributed by atoms with Crippen molar-refractivity contribution >= 4 is 18.4 Å². The number of nitrogens with zero attached hydrogens (tertiary/aromatic N) is 2. The van der Waals surface area contributed by atoms with E-state index in [2.05, 4.69) is 15.5 Å². The molecule has 0 amide bonds. The summed E-state index contributed by atoms with van der Waals surface area (Å²) in [5.74, 6) is 0.460.